The van der Waals surface area contributed by atoms with E-state index in [-0.39, 0.29) is 0 Å². The Bertz CT molecular complexity index is 821. The summed E-state index contributed by atoms with van der Waals surface area (Å²) < 4.78 is 0. The summed E-state index contributed by atoms with van der Waals surface area (Å²) in [6.07, 6.45) is 0.838. The normalized spacial score (nSPS) is 10.8. The summed E-state index contributed by atoms with van der Waals surface area (Å²) in [6, 6.07) is 25.0. The second kappa shape index (κ2) is 6.23. The van der Waals surface area contributed by atoms with Crippen molar-refractivity contribution in [2.75, 3.05) is 0 Å². The molecular weight excluding hydrogens is 300 g/mol. The lowest BCUT2D eigenvalue weighted by Crippen LogP contribution is -1.87. The van der Waals surface area contributed by atoms with Crippen LogP contribution in [0, 0.1) is 0 Å². The summed E-state index contributed by atoms with van der Waals surface area (Å²) in [5.41, 5.74) is 4.41. The predicted octanol–water partition coefficient (Wildman–Crippen LogP) is 5.40. The average molecular weight is 316 g/mol. The number of imidazole rings is 1. The van der Waals surface area contributed by atoms with Crippen molar-refractivity contribution in [3.05, 3.63) is 88.9 Å². The quantitative estimate of drug-likeness (QED) is 0.537. The third kappa shape index (κ3) is 2.96. The zero-order valence-electron chi connectivity index (χ0n) is 12.6. The number of hydrogen-bond acceptors (Lipinski definition) is 2. The van der Waals surface area contributed by atoms with Gasteiger partial charge in [-0.05, 0) is 11.4 Å². The number of nitrogens with one attached hydrogen (secondary N) is 1. The molecular formula is C20H16N2S. The minimum atomic E-state index is 0.838. The second-order valence-electron chi connectivity index (χ2n) is 5.40. The van der Waals surface area contributed by atoms with Crippen molar-refractivity contribution in [1.29, 1.82) is 0 Å². The molecule has 0 unspecified atom stereocenters. The highest BCUT2D eigenvalue weighted by atomic mass is 32.1. The molecule has 1 N–H and O–H groups in total. The van der Waals surface area contributed by atoms with Gasteiger partial charge in [0.1, 0.15) is 5.82 Å². The first-order valence-electron chi connectivity index (χ1n) is 7.62. The molecule has 4 rings (SSSR count). The summed E-state index contributed by atoms with van der Waals surface area (Å²) in [7, 11) is 0. The summed E-state index contributed by atoms with van der Waals surface area (Å²) in [4.78, 5) is 9.73. The van der Waals surface area contributed by atoms with Crippen LogP contribution in [0.1, 0.15) is 10.7 Å². The molecule has 112 valence electrons. The van der Waals surface area contributed by atoms with Crippen molar-refractivity contribution in [2.45, 2.75) is 6.42 Å². The Morgan fingerprint density at radius 3 is 2.13 bits per heavy atom. The molecule has 4 aromatic rings. The number of thiophene rings is 1. The van der Waals surface area contributed by atoms with Crippen LogP contribution in [-0.2, 0) is 6.42 Å². The van der Waals surface area contributed by atoms with E-state index < -0.39 is 0 Å². The van der Waals surface area contributed by atoms with Gasteiger partial charge in [-0.15, -0.1) is 11.3 Å². The lowest BCUT2D eigenvalue weighted by atomic mass is 10.1. The lowest BCUT2D eigenvalue weighted by Gasteiger charge is -2.02. The van der Waals surface area contributed by atoms with Crippen LogP contribution in [-0.4, -0.2) is 9.97 Å². The van der Waals surface area contributed by atoms with Crippen LogP contribution in [0.25, 0.3) is 22.5 Å². The highest BCUT2D eigenvalue weighted by molar-refractivity contribution is 7.09. The molecule has 23 heavy (non-hydrogen) atoms. The van der Waals surface area contributed by atoms with Crippen molar-refractivity contribution >= 4 is 11.3 Å². The topological polar surface area (TPSA) is 28.7 Å². The van der Waals surface area contributed by atoms with Gasteiger partial charge in [-0.3, -0.25) is 0 Å². The first-order valence-corrected chi connectivity index (χ1v) is 8.50. The Hall–Kier alpha value is -2.65. The average Bonchev–Trinajstić information content (AvgIpc) is 3.27. The lowest BCUT2D eigenvalue weighted by molar-refractivity contribution is 1.05. The maximum absolute atomic E-state index is 4.88. The first kappa shape index (κ1) is 14.0. The predicted molar refractivity (Wildman–Crippen MR) is 96.6 cm³/mol. The van der Waals surface area contributed by atoms with Gasteiger partial charge in [0.15, 0.2) is 0 Å². The molecule has 0 fully saturated rings. The Balaban J connectivity index is 1.81. The first-order chi connectivity index (χ1) is 11.4. The number of benzene rings is 2. The van der Waals surface area contributed by atoms with Crippen LogP contribution in [0.4, 0.5) is 0 Å². The van der Waals surface area contributed by atoms with Crippen molar-refractivity contribution < 1.29 is 0 Å². The van der Waals surface area contributed by atoms with Crippen LogP contribution in [0.5, 0.6) is 0 Å². The van der Waals surface area contributed by atoms with Crippen LogP contribution in [0.3, 0.4) is 0 Å². The number of rotatable bonds is 4. The minimum absolute atomic E-state index is 0.838. The maximum atomic E-state index is 4.88. The van der Waals surface area contributed by atoms with E-state index in [1.165, 1.54) is 4.88 Å². The number of H-pyrrole nitrogens is 1. The van der Waals surface area contributed by atoms with Gasteiger partial charge < -0.3 is 4.98 Å². The zero-order chi connectivity index (χ0) is 15.5. The Morgan fingerprint density at radius 2 is 1.48 bits per heavy atom. The van der Waals surface area contributed by atoms with Gasteiger partial charge >= 0.3 is 0 Å². The standard InChI is InChI=1S/C20H16N2S/c1-3-8-15(9-4-1)19-20(16-10-5-2-6-11-16)22-18(21-19)14-17-12-7-13-23-17/h1-13H,14H2,(H,21,22). The van der Waals surface area contributed by atoms with Gasteiger partial charge in [0, 0.05) is 22.4 Å². The molecule has 0 amide bonds. The van der Waals surface area contributed by atoms with E-state index >= 15 is 0 Å². The van der Waals surface area contributed by atoms with Crippen LogP contribution >= 0.6 is 11.3 Å². The van der Waals surface area contributed by atoms with E-state index in [0.717, 1.165) is 34.8 Å². The zero-order valence-corrected chi connectivity index (χ0v) is 13.4. The fraction of sp³-hybridized carbons (Fsp3) is 0.0500. The molecule has 0 aliphatic carbocycles. The van der Waals surface area contributed by atoms with Gasteiger partial charge in [0.25, 0.3) is 0 Å². The molecule has 2 heterocycles. The summed E-state index contributed by atoms with van der Waals surface area (Å²) >= 11 is 1.76. The van der Waals surface area contributed by atoms with Crippen molar-refractivity contribution in [2.24, 2.45) is 0 Å². The van der Waals surface area contributed by atoms with E-state index in [0.29, 0.717) is 0 Å². The number of aromatic nitrogens is 2. The van der Waals surface area contributed by atoms with E-state index in [2.05, 4.69) is 71.0 Å². The van der Waals surface area contributed by atoms with Crippen LogP contribution in [0.15, 0.2) is 78.2 Å². The Labute approximate surface area is 139 Å². The molecule has 0 aliphatic rings. The molecule has 0 aliphatic heterocycles. The third-order valence-corrected chi connectivity index (χ3v) is 4.66. The molecule has 0 atom stereocenters. The molecule has 0 radical (unpaired) electrons. The number of hydrogen-bond donors (Lipinski definition) is 1. The van der Waals surface area contributed by atoms with Gasteiger partial charge in [-0.25, -0.2) is 4.98 Å². The van der Waals surface area contributed by atoms with Crippen LogP contribution < -0.4 is 0 Å². The van der Waals surface area contributed by atoms with E-state index in [1.807, 2.05) is 12.1 Å². The van der Waals surface area contributed by atoms with E-state index in [9.17, 15) is 0 Å². The molecule has 2 aromatic carbocycles. The van der Waals surface area contributed by atoms with E-state index in [1.54, 1.807) is 11.3 Å². The van der Waals surface area contributed by atoms with E-state index in [4.69, 9.17) is 4.98 Å². The van der Waals surface area contributed by atoms with Crippen molar-refractivity contribution in [3.63, 3.8) is 0 Å². The van der Waals surface area contributed by atoms with Crippen LogP contribution in [0.2, 0.25) is 0 Å². The summed E-state index contributed by atoms with van der Waals surface area (Å²) in [5.74, 6) is 1.00. The third-order valence-electron chi connectivity index (χ3n) is 3.78. The molecule has 0 saturated carbocycles. The highest BCUT2D eigenvalue weighted by Gasteiger charge is 2.14. The van der Waals surface area contributed by atoms with Gasteiger partial charge in [0.2, 0.25) is 0 Å². The molecule has 2 aromatic heterocycles. The smallest absolute Gasteiger partial charge is 0.112 e. The fourth-order valence-corrected chi connectivity index (χ4v) is 3.41. The summed E-state index contributed by atoms with van der Waals surface area (Å²) in [5, 5.41) is 2.11. The van der Waals surface area contributed by atoms with Gasteiger partial charge in [-0.2, -0.15) is 0 Å². The monoisotopic (exact) mass is 316 g/mol. The molecule has 3 heteroatoms. The van der Waals surface area contributed by atoms with Crippen molar-refractivity contribution in [1.82, 2.24) is 9.97 Å². The summed E-state index contributed by atoms with van der Waals surface area (Å²) in [6.45, 7) is 0. The SMILES string of the molecule is c1ccc(-c2nc(Cc3cccs3)[nH]c2-c2ccccc2)cc1. The Morgan fingerprint density at radius 1 is 0.783 bits per heavy atom. The molecule has 2 nitrogen and oxygen atoms in total. The van der Waals surface area contributed by atoms with Gasteiger partial charge in [0.05, 0.1) is 11.4 Å². The molecule has 0 bridgehead atoms. The largest absolute Gasteiger partial charge is 0.341 e. The molecule has 0 spiro atoms. The fourth-order valence-electron chi connectivity index (χ4n) is 2.70. The Kier molecular flexibility index (Phi) is 3.78. The number of aromatic amines is 1. The highest BCUT2D eigenvalue weighted by Crippen LogP contribution is 2.30. The van der Waals surface area contributed by atoms with Gasteiger partial charge in [-0.1, -0.05) is 66.7 Å². The minimum Gasteiger partial charge on any atom is -0.341 e. The van der Waals surface area contributed by atoms with Crippen molar-refractivity contribution in [3.8, 4) is 22.5 Å². The maximum Gasteiger partial charge on any atom is 0.112 e. The number of nitrogens with zero attached hydrogens (tertiary/aromatic N) is 1. The molecule has 0 saturated heterocycles. The second-order valence-corrected chi connectivity index (χ2v) is 6.43.